The van der Waals surface area contributed by atoms with E-state index in [1.807, 2.05) is 0 Å². The average Bonchev–Trinajstić information content (AvgIpc) is 3.14. The number of hydrogen-bond donors (Lipinski definition) is 2. The summed E-state index contributed by atoms with van der Waals surface area (Å²) >= 11 is 0. The minimum Gasteiger partial charge on any atom is -0.491 e. The number of nitrogens with zero attached hydrogens (tertiary/aromatic N) is 2. The van der Waals surface area contributed by atoms with Gasteiger partial charge in [-0.1, -0.05) is 12.1 Å². The second-order valence-corrected chi connectivity index (χ2v) is 7.07. The Kier molecular flexibility index (Phi) is 11.7. The van der Waals surface area contributed by atoms with E-state index in [9.17, 15) is 0 Å². The summed E-state index contributed by atoms with van der Waals surface area (Å²) in [6.07, 6.45) is 3.52. The molecule has 0 aliphatic carbocycles. The van der Waals surface area contributed by atoms with Crippen molar-refractivity contribution in [2.75, 3.05) is 47.4 Å². The molecule has 0 saturated carbocycles. The van der Waals surface area contributed by atoms with Gasteiger partial charge < -0.3 is 25.0 Å². The van der Waals surface area contributed by atoms with Gasteiger partial charge in [0, 0.05) is 32.3 Å². The van der Waals surface area contributed by atoms with E-state index in [0.29, 0.717) is 13.2 Å². The molecular formula is C20H35IN4O2. The smallest absolute Gasteiger partial charge is 0.191 e. The molecule has 2 N–H and O–H groups in total. The third-order valence-electron chi connectivity index (χ3n) is 4.42. The van der Waals surface area contributed by atoms with Gasteiger partial charge in [0.1, 0.15) is 12.4 Å². The molecule has 154 valence electrons. The first-order chi connectivity index (χ1) is 12.6. The summed E-state index contributed by atoms with van der Waals surface area (Å²) < 4.78 is 11.7. The molecule has 0 bridgehead atoms. The molecule has 0 aromatic heterocycles. The molecule has 0 radical (unpaired) electrons. The maximum absolute atomic E-state index is 6.06. The van der Waals surface area contributed by atoms with Gasteiger partial charge in [0.2, 0.25) is 0 Å². The van der Waals surface area contributed by atoms with E-state index in [1.54, 1.807) is 7.05 Å². The lowest BCUT2D eigenvalue weighted by Gasteiger charge is -2.17. The van der Waals surface area contributed by atoms with Crippen LogP contribution < -0.4 is 15.4 Å². The van der Waals surface area contributed by atoms with Crippen LogP contribution in [0.3, 0.4) is 0 Å². The van der Waals surface area contributed by atoms with Crippen molar-refractivity contribution in [3.63, 3.8) is 0 Å². The van der Waals surface area contributed by atoms with Gasteiger partial charge in [0.25, 0.3) is 0 Å². The number of halogens is 1. The largest absolute Gasteiger partial charge is 0.491 e. The maximum atomic E-state index is 6.06. The van der Waals surface area contributed by atoms with Gasteiger partial charge in [-0.15, -0.1) is 24.0 Å². The minimum absolute atomic E-state index is 0. The van der Waals surface area contributed by atoms with Gasteiger partial charge in [-0.05, 0) is 58.5 Å². The summed E-state index contributed by atoms with van der Waals surface area (Å²) in [7, 11) is 5.97. The van der Waals surface area contributed by atoms with Crippen molar-refractivity contribution in [3.05, 3.63) is 29.3 Å². The first-order valence-electron chi connectivity index (χ1n) is 9.51. The second kappa shape index (κ2) is 13.2. The third-order valence-corrected chi connectivity index (χ3v) is 4.42. The summed E-state index contributed by atoms with van der Waals surface area (Å²) in [4.78, 5) is 6.48. The molecule has 2 rings (SSSR count). The highest BCUT2D eigenvalue weighted by atomic mass is 127. The lowest BCUT2D eigenvalue weighted by Crippen LogP contribution is -2.38. The van der Waals surface area contributed by atoms with Crippen molar-refractivity contribution >= 4 is 29.9 Å². The molecule has 1 aromatic carbocycles. The monoisotopic (exact) mass is 490 g/mol. The van der Waals surface area contributed by atoms with E-state index < -0.39 is 0 Å². The Morgan fingerprint density at radius 2 is 2.15 bits per heavy atom. The number of nitrogens with one attached hydrogen (secondary N) is 2. The molecule has 7 heteroatoms. The minimum atomic E-state index is 0. The van der Waals surface area contributed by atoms with Crippen LogP contribution in [0, 0.1) is 6.92 Å². The van der Waals surface area contributed by atoms with Crippen molar-refractivity contribution < 1.29 is 9.47 Å². The van der Waals surface area contributed by atoms with Crippen LogP contribution >= 0.6 is 24.0 Å². The Morgan fingerprint density at radius 3 is 2.81 bits per heavy atom. The first-order valence-corrected chi connectivity index (χ1v) is 9.51. The predicted octanol–water partition coefficient (Wildman–Crippen LogP) is 2.79. The van der Waals surface area contributed by atoms with Crippen LogP contribution in [0.5, 0.6) is 5.75 Å². The third kappa shape index (κ3) is 9.12. The quantitative estimate of drug-likeness (QED) is 0.241. The van der Waals surface area contributed by atoms with E-state index in [2.05, 4.69) is 59.7 Å². The summed E-state index contributed by atoms with van der Waals surface area (Å²) in [5.41, 5.74) is 2.33. The Balaban J connectivity index is 0.00000364. The fourth-order valence-corrected chi connectivity index (χ4v) is 2.90. The van der Waals surface area contributed by atoms with Crippen LogP contribution in [-0.4, -0.2) is 64.4 Å². The Labute approximate surface area is 181 Å². The van der Waals surface area contributed by atoms with Gasteiger partial charge in [-0.3, -0.25) is 4.99 Å². The molecule has 1 atom stereocenters. The summed E-state index contributed by atoms with van der Waals surface area (Å²) in [5, 5.41) is 6.73. The highest BCUT2D eigenvalue weighted by molar-refractivity contribution is 14.0. The number of benzene rings is 1. The lowest BCUT2D eigenvalue weighted by molar-refractivity contribution is 0.0676. The number of rotatable bonds is 9. The van der Waals surface area contributed by atoms with Crippen LogP contribution in [0.15, 0.2) is 23.2 Å². The van der Waals surface area contributed by atoms with Crippen molar-refractivity contribution in [2.45, 2.75) is 38.8 Å². The molecule has 1 fully saturated rings. The average molecular weight is 490 g/mol. The van der Waals surface area contributed by atoms with Gasteiger partial charge in [0.15, 0.2) is 5.96 Å². The van der Waals surface area contributed by atoms with Gasteiger partial charge in [0.05, 0.1) is 6.10 Å². The molecule has 0 amide bonds. The van der Waals surface area contributed by atoms with E-state index in [4.69, 9.17) is 9.47 Å². The molecule has 27 heavy (non-hydrogen) atoms. The lowest BCUT2D eigenvalue weighted by atomic mass is 10.1. The van der Waals surface area contributed by atoms with E-state index in [0.717, 1.165) is 56.2 Å². The summed E-state index contributed by atoms with van der Waals surface area (Å²) in [6.45, 7) is 6.19. The van der Waals surface area contributed by atoms with E-state index >= 15 is 0 Å². The SMILES string of the molecule is CN=C(NCCCN(C)C)NCc1ccc(C)cc1OCC1CCCO1.I. The molecule has 1 unspecified atom stereocenters. The van der Waals surface area contributed by atoms with Crippen molar-refractivity contribution in [2.24, 2.45) is 4.99 Å². The van der Waals surface area contributed by atoms with Gasteiger partial charge in [-0.25, -0.2) is 0 Å². The number of aliphatic imine (C=N–C) groups is 1. The predicted molar refractivity (Wildman–Crippen MR) is 122 cm³/mol. The van der Waals surface area contributed by atoms with Gasteiger partial charge in [-0.2, -0.15) is 0 Å². The Bertz CT molecular complexity index is 575. The highest BCUT2D eigenvalue weighted by Crippen LogP contribution is 2.22. The topological polar surface area (TPSA) is 58.1 Å². The zero-order valence-corrected chi connectivity index (χ0v) is 19.4. The molecule has 0 spiro atoms. The fraction of sp³-hybridized carbons (Fsp3) is 0.650. The van der Waals surface area contributed by atoms with Crippen LogP contribution in [0.25, 0.3) is 0 Å². The molecular weight excluding hydrogens is 455 g/mol. The summed E-state index contributed by atoms with van der Waals surface area (Å²) in [5.74, 6) is 1.74. The number of guanidine groups is 1. The molecule has 1 aromatic rings. The van der Waals surface area contributed by atoms with Crippen LogP contribution in [-0.2, 0) is 11.3 Å². The standard InChI is InChI=1S/C20H34N4O2.HI/c1-16-8-9-17(19(13-16)26-15-18-7-5-12-25-18)14-23-20(21-2)22-10-6-11-24(3)4;/h8-9,13,18H,5-7,10-12,14-15H2,1-4H3,(H2,21,22,23);1H. The first kappa shape index (κ1) is 24.0. The van der Waals surface area contributed by atoms with Crippen molar-refractivity contribution in [3.8, 4) is 5.75 Å². The molecule has 1 saturated heterocycles. The van der Waals surface area contributed by atoms with Gasteiger partial charge >= 0.3 is 0 Å². The van der Waals surface area contributed by atoms with Crippen LogP contribution in [0.4, 0.5) is 0 Å². The summed E-state index contributed by atoms with van der Waals surface area (Å²) in [6, 6.07) is 6.33. The molecule has 1 aliphatic rings. The van der Waals surface area contributed by atoms with E-state index in [1.165, 1.54) is 5.56 Å². The fourth-order valence-electron chi connectivity index (χ4n) is 2.90. The molecule has 1 heterocycles. The highest BCUT2D eigenvalue weighted by Gasteiger charge is 2.17. The van der Waals surface area contributed by atoms with Crippen LogP contribution in [0.2, 0.25) is 0 Å². The molecule has 6 nitrogen and oxygen atoms in total. The van der Waals surface area contributed by atoms with Crippen LogP contribution in [0.1, 0.15) is 30.4 Å². The van der Waals surface area contributed by atoms with E-state index in [-0.39, 0.29) is 30.1 Å². The van der Waals surface area contributed by atoms with Crippen molar-refractivity contribution in [1.29, 1.82) is 0 Å². The Morgan fingerprint density at radius 1 is 1.33 bits per heavy atom. The normalized spacial score (nSPS) is 16.9. The Hall–Kier alpha value is -1.06. The number of hydrogen-bond acceptors (Lipinski definition) is 4. The molecule has 1 aliphatic heterocycles. The zero-order valence-electron chi connectivity index (χ0n) is 17.1. The number of aryl methyl sites for hydroxylation is 1. The second-order valence-electron chi connectivity index (χ2n) is 7.07. The zero-order chi connectivity index (χ0) is 18.8. The number of ether oxygens (including phenoxy) is 2. The van der Waals surface area contributed by atoms with Crippen molar-refractivity contribution in [1.82, 2.24) is 15.5 Å². The maximum Gasteiger partial charge on any atom is 0.191 e.